The first-order valence-electron chi connectivity index (χ1n) is 4.43. The van der Waals surface area contributed by atoms with E-state index in [-0.39, 0.29) is 10.3 Å². The standard InChI is InChI=1S/C10H6F3NO2S/c11-10(12,13)4-1-2-6-5(3-4)7(15)8(17-6)9(14)16/h1-3,15H,(H2,14,16). The molecule has 0 bridgehead atoms. The maximum Gasteiger partial charge on any atom is 0.416 e. The highest BCUT2D eigenvalue weighted by atomic mass is 32.1. The summed E-state index contributed by atoms with van der Waals surface area (Å²) in [6.45, 7) is 0. The van der Waals surface area contributed by atoms with Crippen molar-refractivity contribution >= 4 is 27.3 Å². The van der Waals surface area contributed by atoms with Crippen molar-refractivity contribution in [2.24, 2.45) is 5.73 Å². The van der Waals surface area contributed by atoms with Gasteiger partial charge in [0.05, 0.1) is 5.56 Å². The minimum atomic E-state index is -4.49. The second kappa shape index (κ2) is 3.63. The molecule has 0 aliphatic carbocycles. The van der Waals surface area contributed by atoms with Crippen LogP contribution in [0.5, 0.6) is 5.75 Å². The van der Waals surface area contributed by atoms with Crippen LogP contribution in [0.25, 0.3) is 10.1 Å². The molecule has 1 amide bonds. The first-order chi connectivity index (χ1) is 7.80. The van der Waals surface area contributed by atoms with Crippen molar-refractivity contribution in [3.05, 3.63) is 28.6 Å². The largest absolute Gasteiger partial charge is 0.506 e. The van der Waals surface area contributed by atoms with Crippen LogP contribution >= 0.6 is 11.3 Å². The molecule has 0 aliphatic rings. The number of carbonyl (C=O) groups excluding carboxylic acids is 1. The maximum atomic E-state index is 12.4. The fourth-order valence-corrected chi connectivity index (χ4v) is 2.36. The number of rotatable bonds is 1. The third-order valence-electron chi connectivity index (χ3n) is 2.21. The number of fused-ring (bicyclic) bond motifs is 1. The Kier molecular flexibility index (Phi) is 2.50. The number of halogens is 3. The third-order valence-corrected chi connectivity index (χ3v) is 3.39. The molecule has 0 atom stereocenters. The van der Waals surface area contributed by atoms with Crippen molar-refractivity contribution in [1.29, 1.82) is 0 Å². The molecule has 2 rings (SSSR count). The number of thiophene rings is 1. The molecule has 0 fully saturated rings. The van der Waals surface area contributed by atoms with Crippen LogP contribution in [0.3, 0.4) is 0 Å². The zero-order chi connectivity index (χ0) is 12.8. The molecule has 0 saturated heterocycles. The van der Waals surface area contributed by atoms with Crippen molar-refractivity contribution in [2.45, 2.75) is 6.18 Å². The van der Waals surface area contributed by atoms with Gasteiger partial charge in [-0.3, -0.25) is 4.79 Å². The lowest BCUT2D eigenvalue weighted by Gasteiger charge is -2.05. The summed E-state index contributed by atoms with van der Waals surface area (Å²) >= 11 is 0.859. The van der Waals surface area contributed by atoms with E-state index in [1.807, 2.05) is 0 Å². The van der Waals surface area contributed by atoms with Gasteiger partial charge in [0.15, 0.2) is 0 Å². The molecule has 90 valence electrons. The molecule has 1 heterocycles. The summed E-state index contributed by atoms with van der Waals surface area (Å²) in [5.41, 5.74) is 4.11. The third kappa shape index (κ3) is 1.93. The van der Waals surface area contributed by atoms with Crippen molar-refractivity contribution in [3.63, 3.8) is 0 Å². The first-order valence-corrected chi connectivity index (χ1v) is 5.25. The lowest BCUT2D eigenvalue weighted by Crippen LogP contribution is -2.08. The SMILES string of the molecule is NC(=O)c1sc2ccc(C(F)(F)F)cc2c1O. The fraction of sp³-hybridized carbons (Fsp3) is 0.100. The molecule has 7 heteroatoms. The molecule has 0 saturated carbocycles. The summed E-state index contributed by atoms with van der Waals surface area (Å²) in [6, 6.07) is 2.89. The first kappa shape index (κ1) is 11.7. The number of alkyl halides is 3. The van der Waals surface area contributed by atoms with E-state index < -0.39 is 23.4 Å². The Labute approximate surface area is 97.3 Å². The van der Waals surface area contributed by atoms with E-state index in [9.17, 15) is 23.1 Å². The van der Waals surface area contributed by atoms with Gasteiger partial charge in [0.2, 0.25) is 0 Å². The summed E-state index contributed by atoms with van der Waals surface area (Å²) in [5.74, 6) is -1.36. The predicted molar refractivity (Wildman–Crippen MR) is 57.0 cm³/mol. The molecular formula is C10H6F3NO2S. The van der Waals surface area contributed by atoms with Crippen molar-refractivity contribution < 1.29 is 23.1 Å². The highest BCUT2D eigenvalue weighted by Gasteiger charge is 2.31. The van der Waals surface area contributed by atoms with Gasteiger partial charge in [-0.2, -0.15) is 13.2 Å². The lowest BCUT2D eigenvalue weighted by molar-refractivity contribution is -0.137. The molecule has 0 spiro atoms. The maximum absolute atomic E-state index is 12.4. The second-order valence-electron chi connectivity index (χ2n) is 3.35. The van der Waals surface area contributed by atoms with Crippen LogP contribution in [0, 0.1) is 0 Å². The number of amides is 1. The Morgan fingerprint density at radius 1 is 1.35 bits per heavy atom. The predicted octanol–water partition coefficient (Wildman–Crippen LogP) is 2.72. The van der Waals surface area contributed by atoms with E-state index in [0.29, 0.717) is 4.70 Å². The summed E-state index contributed by atoms with van der Waals surface area (Å²) in [4.78, 5) is 10.8. The van der Waals surface area contributed by atoms with Crippen LogP contribution < -0.4 is 5.73 Å². The van der Waals surface area contributed by atoms with Crippen molar-refractivity contribution in [1.82, 2.24) is 0 Å². The Morgan fingerprint density at radius 2 is 2.00 bits per heavy atom. The topological polar surface area (TPSA) is 63.3 Å². The average molecular weight is 261 g/mol. The summed E-state index contributed by atoms with van der Waals surface area (Å²) in [5, 5.41) is 9.58. The molecule has 0 aliphatic heterocycles. The monoisotopic (exact) mass is 261 g/mol. The Bertz CT molecular complexity index is 603. The Morgan fingerprint density at radius 3 is 2.53 bits per heavy atom. The van der Waals surface area contributed by atoms with Crippen LogP contribution in [0.2, 0.25) is 0 Å². The van der Waals surface area contributed by atoms with E-state index >= 15 is 0 Å². The van der Waals surface area contributed by atoms with E-state index in [1.54, 1.807) is 0 Å². The van der Waals surface area contributed by atoms with Crippen LogP contribution in [0.1, 0.15) is 15.2 Å². The fourth-order valence-electron chi connectivity index (χ4n) is 1.43. The van der Waals surface area contributed by atoms with Crippen LogP contribution in [-0.2, 0) is 6.18 Å². The zero-order valence-corrected chi connectivity index (χ0v) is 9.02. The van der Waals surface area contributed by atoms with E-state index in [4.69, 9.17) is 5.73 Å². The molecular weight excluding hydrogens is 255 g/mol. The lowest BCUT2D eigenvalue weighted by atomic mass is 10.1. The van der Waals surface area contributed by atoms with Gasteiger partial charge < -0.3 is 10.8 Å². The van der Waals surface area contributed by atoms with Crippen molar-refractivity contribution in [3.8, 4) is 5.75 Å². The second-order valence-corrected chi connectivity index (χ2v) is 4.40. The molecule has 1 aromatic carbocycles. The summed E-state index contributed by atoms with van der Waals surface area (Å²) in [6.07, 6.45) is -4.49. The number of primary amides is 1. The number of aromatic hydroxyl groups is 1. The van der Waals surface area contributed by atoms with E-state index in [0.717, 1.165) is 23.5 Å². The quantitative estimate of drug-likeness (QED) is 0.829. The minimum absolute atomic E-state index is 0.0152. The summed E-state index contributed by atoms with van der Waals surface area (Å²) in [7, 11) is 0. The number of hydrogen-bond donors (Lipinski definition) is 2. The number of benzene rings is 1. The van der Waals surface area contributed by atoms with Gasteiger partial charge >= 0.3 is 6.18 Å². The molecule has 0 radical (unpaired) electrons. The molecule has 3 N–H and O–H groups in total. The molecule has 1 aromatic heterocycles. The smallest absolute Gasteiger partial charge is 0.416 e. The van der Waals surface area contributed by atoms with Gasteiger partial charge in [0.25, 0.3) is 5.91 Å². The molecule has 2 aromatic rings. The molecule has 17 heavy (non-hydrogen) atoms. The van der Waals surface area contributed by atoms with Gasteiger partial charge in [-0.05, 0) is 18.2 Å². The van der Waals surface area contributed by atoms with E-state index in [2.05, 4.69) is 0 Å². The highest BCUT2D eigenvalue weighted by molar-refractivity contribution is 7.21. The minimum Gasteiger partial charge on any atom is -0.506 e. The van der Waals surface area contributed by atoms with Gasteiger partial charge in [-0.25, -0.2) is 0 Å². The normalized spacial score (nSPS) is 11.9. The molecule has 0 unspecified atom stereocenters. The highest BCUT2D eigenvalue weighted by Crippen LogP contribution is 2.40. The van der Waals surface area contributed by atoms with Gasteiger partial charge in [-0.15, -0.1) is 11.3 Å². The average Bonchev–Trinajstić information content (AvgIpc) is 2.54. The number of hydrogen-bond acceptors (Lipinski definition) is 3. The number of carbonyl (C=O) groups is 1. The Balaban J connectivity index is 2.70. The van der Waals surface area contributed by atoms with Crippen LogP contribution in [0.4, 0.5) is 13.2 Å². The van der Waals surface area contributed by atoms with Gasteiger partial charge in [0.1, 0.15) is 10.6 Å². The van der Waals surface area contributed by atoms with Gasteiger partial charge in [0, 0.05) is 10.1 Å². The van der Waals surface area contributed by atoms with Crippen molar-refractivity contribution in [2.75, 3.05) is 0 Å². The van der Waals surface area contributed by atoms with E-state index in [1.165, 1.54) is 6.07 Å². The number of nitrogens with two attached hydrogens (primary N) is 1. The summed E-state index contributed by atoms with van der Waals surface area (Å²) < 4.78 is 37.7. The van der Waals surface area contributed by atoms with Gasteiger partial charge in [-0.1, -0.05) is 0 Å². The van der Waals surface area contributed by atoms with Crippen LogP contribution in [-0.4, -0.2) is 11.0 Å². The Hall–Kier alpha value is -1.76. The zero-order valence-electron chi connectivity index (χ0n) is 8.21. The van der Waals surface area contributed by atoms with Crippen LogP contribution in [0.15, 0.2) is 18.2 Å². The molecule has 3 nitrogen and oxygen atoms in total.